The monoisotopic (exact) mass is 436 g/mol. The van der Waals surface area contributed by atoms with Crippen molar-refractivity contribution in [3.05, 3.63) is 89.3 Å². The Morgan fingerprint density at radius 2 is 1.83 bits per heavy atom. The molecule has 0 radical (unpaired) electrons. The second-order valence-electron chi connectivity index (χ2n) is 8.25. The average Bonchev–Trinajstić information content (AvgIpc) is 3.04. The molecule has 154 valence electrons. The lowest BCUT2D eigenvalue weighted by Crippen LogP contribution is -2.06. The Balaban J connectivity index is 1.66. The van der Waals surface area contributed by atoms with E-state index < -0.39 is 0 Å². The molecule has 4 aromatic rings. The molecule has 2 heterocycles. The molecule has 0 aliphatic rings. The van der Waals surface area contributed by atoms with Gasteiger partial charge in [0.05, 0.1) is 5.69 Å². The van der Waals surface area contributed by atoms with E-state index in [-0.39, 0.29) is 4.75 Å². The summed E-state index contributed by atoms with van der Waals surface area (Å²) < 4.78 is 8.45. The van der Waals surface area contributed by atoms with Crippen LogP contribution in [0.1, 0.15) is 32.0 Å². The largest absolute Gasteiger partial charge is 0.487 e. The zero-order chi connectivity index (χ0) is 21.1. The minimum Gasteiger partial charge on any atom is -0.487 e. The summed E-state index contributed by atoms with van der Waals surface area (Å²) in [6, 6.07) is 20.2. The van der Waals surface area contributed by atoms with Crippen molar-refractivity contribution in [3.63, 3.8) is 0 Å². The van der Waals surface area contributed by atoms with E-state index in [0.717, 1.165) is 23.0 Å². The summed E-state index contributed by atoms with van der Waals surface area (Å²) in [5, 5.41) is 1.97. The number of halogens is 1. The van der Waals surface area contributed by atoms with Crippen LogP contribution in [-0.2, 0) is 13.2 Å². The minimum atomic E-state index is 0.115. The molecule has 0 saturated carbocycles. The number of hydrogen-bond acceptors (Lipinski definition) is 3. The molecule has 0 saturated heterocycles. The molecule has 3 nitrogen and oxygen atoms in total. The molecule has 0 spiro atoms. The number of rotatable bonds is 6. The molecule has 5 heteroatoms. The van der Waals surface area contributed by atoms with E-state index in [1.165, 1.54) is 21.4 Å². The maximum atomic E-state index is 6.05. The van der Waals surface area contributed by atoms with Crippen molar-refractivity contribution >= 4 is 34.3 Å². The number of pyridine rings is 1. The van der Waals surface area contributed by atoms with Gasteiger partial charge in [-0.25, -0.2) is 0 Å². The van der Waals surface area contributed by atoms with Crippen LogP contribution in [0.5, 0.6) is 5.75 Å². The topological polar surface area (TPSA) is 27.1 Å². The Kier molecular flexibility index (Phi) is 6.07. The van der Waals surface area contributed by atoms with Crippen LogP contribution in [0.15, 0.2) is 78.0 Å². The second kappa shape index (κ2) is 8.75. The molecule has 0 aliphatic carbocycles. The van der Waals surface area contributed by atoms with Crippen LogP contribution in [0.2, 0.25) is 5.02 Å². The third-order valence-electron chi connectivity index (χ3n) is 4.61. The number of thioether (sulfide) groups is 1. The van der Waals surface area contributed by atoms with Gasteiger partial charge in [0.15, 0.2) is 0 Å². The predicted octanol–water partition coefficient (Wildman–Crippen LogP) is 7.21. The summed E-state index contributed by atoms with van der Waals surface area (Å²) in [6.07, 6.45) is 4.04. The molecule has 2 aromatic carbocycles. The van der Waals surface area contributed by atoms with Gasteiger partial charge >= 0.3 is 0 Å². The van der Waals surface area contributed by atoms with Gasteiger partial charge in [-0.05, 0) is 48.0 Å². The van der Waals surface area contributed by atoms with Crippen molar-refractivity contribution in [2.45, 2.75) is 43.6 Å². The number of aromatic nitrogens is 2. The highest BCUT2D eigenvalue weighted by atomic mass is 35.5. The van der Waals surface area contributed by atoms with Gasteiger partial charge in [0, 0.05) is 44.5 Å². The van der Waals surface area contributed by atoms with Crippen LogP contribution in [0.4, 0.5) is 0 Å². The first-order valence-corrected chi connectivity index (χ1v) is 11.2. The Morgan fingerprint density at radius 3 is 2.53 bits per heavy atom. The summed E-state index contributed by atoms with van der Waals surface area (Å²) in [4.78, 5) is 5.60. The Labute approximate surface area is 187 Å². The highest BCUT2D eigenvalue weighted by molar-refractivity contribution is 8.00. The first-order chi connectivity index (χ1) is 14.4. The molecule has 0 N–H and O–H groups in total. The van der Waals surface area contributed by atoms with Crippen LogP contribution in [-0.4, -0.2) is 14.3 Å². The lowest BCUT2D eigenvalue weighted by Gasteiger charge is -2.16. The highest BCUT2D eigenvalue weighted by Gasteiger charge is 2.18. The molecular weight excluding hydrogens is 412 g/mol. The molecule has 4 rings (SSSR count). The lowest BCUT2D eigenvalue weighted by atomic mass is 10.2. The summed E-state index contributed by atoms with van der Waals surface area (Å²) in [5.74, 6) is 0.855. The molecule has 0 unspecified atom stereocenters. The number of fused-ring (bicyclic) bond motifs is 1. The van der Waals surface area contributed by atoms with E-state index in [0.29, 0.717) is 6.61 Å². The fourth-order valence-electron chi connectivity index (χ4n) is 3.30. The second-order valence-corrected chi connectivity index (χ2v) is 10.6. The van der Waals surface area contributed by atoms with Gasteiger partial charge in [-0.2, -0.15) is 0 Å². The van der Waals surface area contributed by atoms with Crippen LogP contribution in [0, 0.1) is 0 Å². The fourth-order valence-corrected chi connectivity index (χ4v) is 4.54. The van der Waals surface area contributed by atoms with Crippen molar-refractivity contribution in [3.8, 4) is 5.75 Å². The van der Waals surface area contributed by atoms with E-state index in [1.807, 2.05) is 48.2 Å². The standard InChI is InChI=1S/C25H25ClN2OS/c1-25(2,3)30-24-16-28(15-18-7-9-19(26)10-8-18)23-12-11-21(14-22(23)24)29-17-20-6-4-5-13-27-20/h4-14,16H,15,17H2,1-3H3. The smallest absolute Gasteiger partial charge is 0.130 e. The summed E-state index contributed by atoms with van der Waals surface area (Å²) >= 11 is 7.93. The van der Waals surface area contributed by atoms with Crippen molar-refractivity contribution in [2.24, 2.45) is 0 Å². The van der Waals surface area contributed by atoms with E-state index in [1.54, 1.807) is 6.20 Å². The SMILES string of the molecule is CC(C)(C)Sc1cn(Cc2ccc(Cl)cc2)c2ccc(OCc3ccccn3)cc12. The van der Waals surface area contributed by atoms with E-state index in [9.17, 15) is 0 Å². The molecule has 0 atom stereocenters. The Hall–Kier alpha value is -2.43. The van der Waals surface area contributed by atoms with Crippen LogP contribution >= 0.6 is 23.4 Å². The Morgan fingerprint density at radius 1 is 1.03 bits per heavy atom. The molecular formula is C25H25ClN2OS. The summed E-state index contributed by atoms with van der Waals surface area (Å²) in [5.41, 5.74) is 3.34. The van der Waals surface area contributed by atoms with Gasteiger partial charge in [-0.15, -0.1) is 11.8 Å². The molecule has 2 aromatic heterocycles. The van der Waals surface area contributed by atoms with Gasteiger partial charge in [-0.3, -0.25) is 4.98 Å². The van der Waals surface area contributed by atoms with Gasteiger partial charge < -0.3 is 9.30 Å². The molecule has 0 bridgehead atoms. The van der Waals surface area contributed by atoms with Crippen molar-refractivity contribution in [1.82, 2.24) is 9.55 Å². The quantitative estimate of drug-likeness (QED) is 0.299. The number of nitrogens with zero attached hydrogens (tertiary/aromatic N) is 2. The highest BCUT2D eigenvalue weighted by Crippen LogP contribution is 2.39. The van der Waals surface area contributed by atoms with Gasteiger partial charge in [0.1, 0.15) is 12.4 Å². The summed E-state index contributed by atoms with van der Waals surface area (Å²) in [7, 11) is 0. The minimum absolute atomic E-state index is 0.115. The third kappa shape index (κ3) is 5.18. The maximum Gasteiger partial charge on any atom is 0.130 e. The number of benzene rings is 2. The zero-order valence-corrected chi connectivity index (χ0v) is 19.0. The van der Waals surface area contributed by atoms with Gasteiger partial charge in [0.2, 0.25) is 0 Å². The summed E-state index contributed by atoms with van der Waals surface area (Å²) in [6.45, 7) is 7.97. The Bertz CT molecular complexity index is 1130. The lowest BCUT2D eigenvalue weighted by molar-refractivity contribution is 0.301. The zero-order valence-electron chi connectivity index (χ0n) is 17.4. The van der Waals surface area contributed by atoms with E-state index in [4.69, 9.17) is 16.3 Å². The predicted molar refractivity (Wildman–Crippen MR) is 127 cm³/mol. The maximum absolute atomic E-state index is 6.05. The van der Waals surface area contributed by atoms with Gasteiger partial charge in [-0.1, -0.05) is 50.6 Å². The fraction of sp³-hybridized carbons (Fsp3) is 0.240. The first kappa shape index (κ1) is 20.8. The average molecular weight is 437 g/mol. The third-order valence-corrected chi connectivity index (χ3v) is 6.02. The number of ether oxygens (including phenoxy) is 1. The van der Waals surface area contributed by atoms with E-state index >= 15 is 0 Å². The molecule has 0 amide bonds. The van der Waals surface area contributed by atoms with Crippen LogP contribution in [0.3, 0.4) is 0 Å². The molecule has 0 aliphatic heterocycles. The van der Waals surface area contributed by atoms with E-state index in [2.05, 4.69) is 60.8 Å². The molecule has 0 fully saturated rings. The van der Waals surface area contributed by atoms with Crippen molar-refractivity contribution in [1.29, 1.82) is 0 Å². The molecule has 30 heavy (non-hydrogen) atoms. The first-order valence-electron chi connectivity index (χ1n) is 9.96. The van der Waals surface area contributed by atoms with Crippen LogP contribution in [0.25, 0.3) is 10.9 Å². The van der Waals surface area contributed by atoms with Crippen molar-refractivity contribution in [2.75, 3.05) is 0 Å². The van der Waals surface area contributed by atoms with Crippen LogP contribution < -0.4 is 4.74 Å². The normalized spacial score (nSPS) is 11.7. The van der Waals surface area contributed by atoms with Crippen molar-refractivity contribution < 1.29 is 4.74 Å². The van der Waals surface area contributed by atoms with Gasteiger partial charge in [0.25, 0.3) is 0 Å². The number of hydrogen-bond donors (Lipinski definition) is 0.